The van der Waals surface area contributed by atoms with E-state index in [9.17, 15) is 14.0 Å². The van der Waals surface area contributed by atoms with Crippen molar-refractivity contribution >= 4 is 17.0 Å². The van der Waals surface area contributed by atoms with Gasteiger partial charge in [0.1, 0.15) is 5.82 Å². The van der Waals surface area contributed by atoms with Crippen LogP contribution in [0.4, 0.5) is 4.39 Å². The molecule has 1 N–H and O–H groups in total. The standard InChI is InChI=1S/C10H7FN2O3/c1-16-10(15)5-2-8-7(3-6(5)11)12-4-9(14)13-8/h2-4H,1H3,(H,13,14). The van der Waals surface area contributed by atoms with Crippen molar-refractivity contribution < 1.29 is 13.9 Å². The Morgan fingerprint density at radius 3 is 2.94 bits per heavy atom. The molecule has 0 saturated carbocycles. The molecule has 0 saturated heterocycles. The van der Waals surface area contributed by atoms with Crippen LogP contribution in [0, 0.1) is 5.82 Å². The Bertz CT molecular complexity index is 621. The summed E-state index contributed by atoms with van der Waals surface area (Å²) >= 11 is 0. The fourth-order valence-electron chi connectivity index (χ4n) is 1.33. The normalized spacial score (nSPS) is 10.4. The maximum Gasteiger partial charge on any atom is 0.340 e. The van der Waals surface area contributed by atoms with Gasteiger partial charge in [0.2, 0.25) is 0 Å². The summed E-state index contributed by atoms with van der Waals surface area (Å²) in [6, 6.07) is 2.27. The molecule has 0 unspecified atom stereocenters. The minimum absolute atomic E-state index is 0.237. The number of fused-ring (bicyclic) bond motifs is 1. The molecule has 0 fully saturated rings. The van der Waals surface area contributed by atoms with Gasteiger partial charge < -0.3 is 9.72 Å². The predicted octanol–water partition coefficient (Wildman–Crippen LogP) is 0.849. The lowest BCUT2D eigenvalue weighted by Gasteiger charge is -2.02. The molecule has 0 radical (unpaired) electrons. The van der Waals surface area contributed by atoms with Crippen LogP contribution in [0.25, 0.3) is 11.0 Å². The zero-order valence-electron chi connectivity index (χ0n) is 8.28. The van der Waals surface area contributed by atoms with E-state index < -0.39 is 17.3 Å². The fraction of sp³-hybridized carbons (Fsp3) is 0.100. The molecule has 0 aliphatic rings. The first kappa shape index (κ1) is 10.3. The molecule has 0 aliphatic heterocycles. The zero-order valence-corrected chi connectivity index (χ0v) is 8.28. The topological polar surface area (TPSA) is 72.1 Å². The lowest BCUT2D eigenvalue weighted by Crippen LogP contribution is -2.08. The van der Waals surface area contributed by atoms with E-state index in [2.05, 4.69) is 14.7 Å². The van der Waals surface area contributed by atoms with Crippen molar-refractivity contribution in [1.29, 1.82) is 0 Å². The molecule has 16 heavy (non-hydrogen) atoms. The second kappa shape index (κ2) is 3.73. The van der Waals surface area contributed by atoms with Crippen LogP contribution in [0.3, 0.4) is 0 Å². The Morgan fingerprint density at radius 1 is 1.50 bits per heavy atom. The van der Waals surface area contributed by atoms with Gasteiger partial charge in [0.05, 0.1) is 29.9 Å². The van der Waals surface area contributed by atoms with Crippen molar-refractivity contribution in [1.82, 2.24) is 9.97 Å². The predicted molar refractivity (Wildman–Crippen MR) is 53.7 cm³/mol. The van der Waals surface area contributed by atoms with Crippen molar-refractivity contribution in [2.45, 2.75) is 0 Å². The molecule has 0 spiro atoms. The molecule has 1 aromatic carbocycles. The second-order valence-electron chi connectivity index (χ2n) is 3.09. The summed E-state index contributed by atoms with van der Waals surface area (Å²) in [6.07, 6.45) is 1.04. The highest BCUT2D eigenvalue weighted by molar-refractivity contribution is 5.93. The summed E-state index contributed by atoms with van der Waals surface area (Å²) in [7, 11) is 1.15. The number of esters is 1. The molecule has 0 amide bonds. The SMILES string of the molecule is COC(=O)c1cc2[nH]c(=O)cnc2cc1F. The van der Waals surface area contributed by atoms with Crippen LogP contribution in [-0.4, -0.2) is 23.0 Å². The number of rotatable bonds is 1. The van der Waals surface area contributed by atoms with Gasteiger partial charge in [-0.15, -0.1) is 0 Å². The van der Waals surface area contributed by atoms with Crippen molar-refractivity contribution in [3.63, 3.8) is 0 Å². The molecule has 2 rings (SSSR count). The van der Waals surface area contributed by atoms with E-state index in [1.54, 1.807) is 0 Å². The smallest absolute Gasteiger partial charge is 0.340 e. The van der Waals surface area contributed by atoms with Crippen LogP contribution < -0.4 is 5.56 Å². The number of hydrogen-bond donors (Lipinski definition) is 1. The second-order valence-corrected chi connectivity index (χ2v) is 3.09. The lowest BCUT2D eigenvalue weighted by atomic mass is 10.2. The molecule has 82 valence electrons. The van der Waals surface area contributed by atoms with Crippen molar-refractivity contribution in [3.05, 3.63) is 40.1 Å². The average molecular weight is 222 g/mol. The van der Waals surface area contributed by atoms with Gasteiger partial charge in [-0.25, -0.2) is 14.2 Å². The molecule has 0 aliphatic carbocycles. The van der Waals surface area contributed by atoms with Gasteiger partial charge in [-0.2, -0.15) is 0 Å². The Hall–Kier alpha value is -2.24. The van der Waals surface area contributed by atoms with Crippen LogP contribution in [0.2, 0.25) is 0 Å². The first-order valence-electron chi connectivity index (χ1n) is 4.38. The maximum atomic E-state index is 13.4. The number of hydrogen-bond acceptors (Lipinski definition) is 4. The quantitative estimate of drug-likeness (QED) is 0.726. The highest BCUT2D eigenvalue weighted by atomic mass is 19.1. The van der Waals surface area contributed by atoms with Crippen LogP contribution >= 0.6 is 0 Å². The number of halogens is 1. The molecule has 1 aromatic heterocycles. The Kier molecular flexibility index (Phi) is 2.40. The summed E-state index contributed by atoms with van der Waals surface area (Å²) in [6.45, 7) is 0. The first-order valence-corrected chi connectivity index (χ1v) is 4.38. The van der Waals surface area contributed by atoms with Gasteiger partial charge in [-0.3, -0.25) is 4.79 Å². The van der Waals surface area contributed by atoms with E-state index in [1.807, 2.05) is 0 Å². The monoisotopic (exact) mass is 222 g/mol. The number of carbonyl (C=O) groups is 1. The van der Waals surface area contributed by atoms with Crippen LogP contribution in [0.15, 0.2) is 23.1 Å². The van der Waals surface area contributed by atoms with E-state index in [4.69, 9.17) is 0 Å². The number of methoxy groups -OCH3 is 1. The summed E-state index contributed by atoms with van der Waals surface area (Å²) in [5.74, 6) is -1.54. The van der Waals surface area contributed by atoms with Gasteiger partial charge in [-0.1, -0.05) is 0 Å². The van der Waals surface area contributed by atoms with Crippen LogP contribution in [-0.2, 0) is 4.74 Å². The van der Waals surface area contributed by atoms with E-state index >= 15 is 0 Å². The summed E-state index contributed by atoms with van der Waals surface area (Å²) in [5, 5.41) is 0. The lowest BCUT2D eigenvalue weighted by molar-refractivity contribution is 0.0595. The minimum Gasteiger partial charge on any atom is -0.465 e. The van der Waals surface area contributed by atoms with Gasteiger partial charge >= 0.3 is 5.97 Å². The third-order valence-corrected chi connectivity index (χ3v) is 2.07. The van der Waals surface area contributed by atoms with Gasteiger partial charge in [0.25, 0.3) is 5.56 Å². The third kappa shape index (κ3) is 1.65. The van der Waals surface area contributed by atoms with Crippen molar-refractivity contribution in [2.24, 2.45) is 0 Å². The molecule has 0 atom stereocenters. The van der Waals surface area contributed by atoms with Crippen LogP contribution in [0.5, 0.6) is 0 Å². The van der Waals surface area contributed by atoms with E-state index in [0.717, 1.165) is 19.4 Å². The number of aromatic amines is 1. The highest BCUT2D eigenvalue weighted by Gasteiger charge is 2.13. The zero-order chi connectivity index (χ0) is 11.7. The number of carbonyl (C=O) groups excluding carboxylic acids is 1. The fourth-order valence-corrected chi connectivity index (χ4v) is 1.33. The Morgan fingerprint density at radius 2 is 2.25 bits per heavy atom. The number of aromatic nitrogens is 2. The Labute approximate surface area is 88.9 Å². The van der Waals surface area contributed by atoms with E-state index in [1.165, 1.54) is 6.07 Å². The van der Waals surface area contributed by atoms with Crippen molar-refractivity contribution in [2.75, 3.05) is 7.11 Å². The van der Waals surface area contributed by atoms with Crippen LogP contribution in [0.1, 0.15) is 10.4 Å². The van der Waals surface area contributed by atoms with Gasteiger partial charge in [0, 0.05) is 6.07 Å². The van der Waals surface area contributed by atoms with Crippen molar-refractivity contribution in [3.8, 4) is 0 Å². The summed E-state index contributed by atoms with van der Waals surface area (Å²) in [5.41, 5.74) is -0.104. The van der Waals surface area contributed by atoms with Gasteiger partial charge in [-0.05, 0) is 6.07 Å². The first-order chi connectivity index (χ1) is 7.61. The Balaban J connectivity index is 2.73. The molecule has 0 bridgehead atoms. The molecular formula is C10H7FN2O3. The maximum absolute atomic E-state index is 13.4. The summed E-state index contributed by atoms with van der Waals surface area (Å²) < 4.78 is 17.8. The van der Waals surface area contributed by atoms with Gasteiger partial charge in [0.15, 0.2) is 0 Å². The number of nitrogens with zero attached hydrogens (tertiary/aromatic N) is 1. The molecular weight excluding hydrogens is 215 g/mol. The largest absolute Gasteiger partial charge is 0.465 e. The molecule has 5 nitrogen and oxygen atoms in total. The molecule has 6 heteroatoms. The number of nitrogens with one attached hydrogen (secondary N) is 1. The van der Waals surface area contributed by atoms with E-state index in [-0.39, 0.29) is 16.6 Å². The third-order valence-electron chi connectivity index (χ3n) is 2.07. The number of H-pyrrole nitrogens is 1. The highest BCUT2D eigenvalue weighted by Crippen LogP contribution is 2.15. The molecule has 1 heterocycles. The number of benzene rings is 1. The number of ether oxygens (including phenoxy) is 1. The minimum atomic E-state index is -0.802. The molecule has 2 aromatic rings. The van der Waals surface area contributed by atoms with E-state index in [0.29, 0.717) is 0 Å². The summed E-state index contributed by atoms with van der Waals surface area (Å²) in [4.78, 5) is 28.4. The average Bonchev–Trinajstić information content (AvgIpc) is 2.28.